The highest BCUT2D eigenvalue weighted by Gasteiger charge is 2.33. The molecule has 1 saturated carbocycles. The maximum Gasteiger partial charge on any atom is 0.410 e. The van der Waals surface area contributed by atoms with Gasteiger partial charge >= 0.3 is 6.09 Å². The largest absolute Gasteiger partial charge is 0.497 e. The fourth-order valence-electron chi connectivity index (χ4n) is 4.53. The Morgan fingerprint density at radius 2 is 1.76 bits per heavy atom. The van der Waals surface area contributed by atoms with Crippen LogP contribution in [0.15, 0.2) is 36.7 Å². The molecule has 8 nitrogen and oxygen atoms in total. The molecule has 0 atom stereocenters. The number of benzene rings is 1. The lowest BCUT2D eigenvalue weighted by molar-refractivity contribution is 0.0240. The molecule has 2 fully saturated rings. The number of methoxy groups -OCH3 is 1. The number of ether oxygens (including phenoxy) is 2. The normalized spacial score (nSPS) is 16.7. The van der Waals surface area contributed by atoms with E-state index in [2.05, 4.69) is 17.0 Å². The molecule has 1 saturated heterocycles. The van der Waals surface area contributed by atoms with Gasteiger partial charge in [0.15, 0.2) is 5.65 Å². The summed E-state index contributed by atoms with van der Waals surface area (Å²) >= 11 is 0. The molecule has 1 aliphatic heterocycles. The van der Waals surface area contributed by atoms with Crippen LogP contribution in [0.25, 0.3) is 11.0 Å². The van der Waals surface area contributed by atoms with Crippen LogP contribution in [0.3, 0.4) is 0 Å². The summed E-state index contributed by atoms with van der Waals surface area (Å²) in [5.74, 6) is 1.41. The van der Waals surface area contributed by atoms with E-state index in [1.54, 1.807) is 7.11 Å². The Bertz CT molecular complexity index is 1170. The van der Waals surface area contributed by atoms with Crippen molar-refractivity contribution in [3.63, 3.8) is 0 Å². The molecule has 0 bridgehead atoms. The van der Waals surface area contributed by atoms with Crippen LogP contribution in [0.1, 0.15) is 50.7 Å². The van der Waals surface area contributed by atoms with Crippen molar-refractivity contribution in [2.45, 2.75) is 51.7 Å². The third-order valence-electron chi connectivity index (χ3n) is 6.42. The number of hydrogen-bond acceptors (Lipinski definition) is 6. The van der Waals surface area contributed by atoms with Crippen molar-refractivity contribution in [2.75, 3.05) is 38.2 Å². The summed E-state index contributed by atoms with van der Waals surface area (Å²) in [7, 11) is 1.67. The van der Waals surface area contributed by atoms with Gasteiger partial charge in [-0.25, -0.2) is 14.5 Å². The summed E-state index contributed by atoms with van der Waals surface area (Å²) in [6.45, 7) is 9.17. The Kier molecular flexibility index (Phi) is 5.83. The Hall–Kier alpha value is -3.29. The highest BCUT2D eigenvalue weighted by Crippen LogP contribution is 2.46. The first kappa shape index (κ1) is 22.5. The molecule has 1 aliphatic carbocycles. The van der Waals surface area contributed by atoms with E-state index in [9.17, 15) is 4.79 Å². The second-order valence-corrected chi connectivity index (χ2v) is 10.2. The standard InChI is InChI=1S/C26H33N5O3/c1-26(2,3)34-25(32)30-13-11-29(12-14-30)23-21(19-7-8-19)15-27-24-22(23)16-28-31(24)17-18-5-9-20(33-4)10-6-18/h5-6,9-10,15-16,19H,7-8,11-14,17H2,1-4H3. The lowest BCUT2D eigenvalue weighted by atomic mass is 10.1. The number of aromatic nitrogens is 3. The third kappa shape index (κ3) is 4.67. The van der Waals surface area contributed by atoms with Gasteiger partial charge in [-0.2, -0.15) is 5.10 Å². The minimum absolute atomic E-state index is 0.234. The van der Waals surface area contributed by atoms with E-state index >= 15 is 0 Å². The first-order valence-corrected chi connectivity index (χ1v) is 12.0. The topological polar surface area (TPSA) is 72.7 Å². The Labute approximate surface area is 200 Å². The summed E-state index contributed by atoms with van der Waals surface area (Å²) < 4.78 is 12.8. The maximum absolute atomic E-state index is 12.5. The second kappa shape index (κ2) is 8.81. The van der Waals surface area contributed by atoms with Crippen molar-refractivity contribution >= 4 is 22.8 Å². The monoisotopic (exact) mass is 463 g/mol. The zero-order valence-corrected chi connectivity index (χ0v) is 20.5. The van der Waals surface area contributed by atoms with Crippen LogP contribution in [0.4, 0.5) is 10.5 Å². The van der Waals surface area contributed by atoms with Crippen molar-refractivity contribution in [3.05, 3.63) is 47.8 Å². The van der Waals surface area contributed by atoms with Gasteiger partial charge in [-0.1, -0.05) is 12.1 Å². The predicted octanol–water partition coefficient (Wildman–Crippen LogP) is 4.42. The summed E-state index contributed by atoms with van der Waals surface area (Å²) in [6.07, 6.45) is 6.17. The number of anilines is 1. The number of pyridine rings is 1. The molecular weight excluding hydrogens is 430 g/mol. The van der Waals surface area contributed by atoms with E-state index in [4.69, 9.17) is 19.6 Å². The van der Waals surface area contributed by atoms with Crippen molar-refractivity contribution < 1.29 is 14.3 Å². The number of piperazine rings is 1. The van der Waals surface area contributed by atoms with E-state index in [-0.39, 0.29) is 6.09 Å². The van der Waals surface area contributed by atoms with Gasteiger partial charge in [0, 0.05) is 32.4 Å². The average Bonchev–Trinajstić information content (AvgIpc) is 3.59. The minimum Gasteiger partial charge on any atom is -0.497 e. The van der Waals surface area contributed by atoms with Crippen LogP contribution in [0.2, 0.25) is 0 Å². The average molecular weight is 464 g/mol. The van der Waals surface area contributed by atoms with Crippen LogP contribution in [-0.4, -0.2) is 64.6 Å². The van der Waals surface area contributed by atoms with Gasteiger partial charge in [0.2, 0.25) is 0 Å². The molecule has 0 N–H and O–H groups in total. The number of amides is 1. The molecular formula is C26H33N5O3. The number of nitrogens with zero attached hydrogens (tertiary/aromatic N) is 5. The van der Waals surface area contributed by atoms with Crippen molar-refractivity contribution in [3.8, 4) is 5.75 Å². The number of carbonyl (C=O) groups excluding carboxylic acids is 1. The van der Waals surface area contributed by atoms with Gasteiger partial charge in [-0.05, 0) is 62.8 Å². The van der Waals surface area contributed by atoms with E-state index in [1.165, 1.54) is 24.1 Å². The van der Waals surface area contributed by atoms with E-state index in [1.807, 2.05) is 54.9 Å². The van der Waals surface area contributed by atoms with Crippen molar-refractivity contribution in [2.24, 2.45) is 0 Å². The lowest BCUT2D eigenvalue weighted by Gasteiger charge is -2.37. The molecule has 0 radical (unpaired) electrons. The first-order chi connectivity index (χ1) is 16.3. The van der Waals surface area contributed by atoms with Gasteiger partial charge in [0.05, 0.1) is 30.9 Å². The Balaban J connectivity index is 1.39. The predicted molar refractivity (Wildman–Crippen MR) is 132 cm³/mol. The number of fused-ring (bicyclic) bond motifs is 1. The van der Waals surface area contributed by atoms with Crippen molar-refractivity contribution in [1.82, 2.24) is 19.7 Å². The van der Waals surface area contributed by atoms with Crippen LogP contribution in [0.5, 0.6) is 5.75 Å². The smallest absolute Gasteiger partial charge is 0.410 e. The molecule has 1 amide bonds. The molecule has 0 spiro atoms. The molecule has 180 valence electrons. The zero-order valence-electron chi connectivity index (χ0n) is 20.5. The summed E-state index contributed by atoms with van der Waals surface area (Å²) in [5, 5.41) is 5.79. The maximum atomic E-state index is 12.5. The van der Waals surface area contributed by atoms with Crippen LogP contribution in [-0.2, 0) is 11.3 Å². The minimum atomic E-state index is -0.483. The van der Waals surface area contributed by atoms with E-state index in [0.29, 0.717) is 25.6 Å². The molecule has 5 rings (SSSR count). The molecule has 34 heavy (non-hydrogen) atoms. The second-order valence-electron chi connectivity index (χ2n) is 10.2. The van der Waals surface area contributed by atoms with Gasteiger partial charge in [0.25, 0.3) is 0 Å². The number of rotatable bonds is 5. The third-order valence-corrected chi connectivity index (χ3v) is 6.42. The SMILES string of the molecule is COc1ccc(Cn2ncc3c(N4CCN(C(=O)OC(C)(C)C)CC4)c(C4CC4)cnc32)cc1. The Morgan fingerprint density at radius 3 is 2.38 bits per heavy atom. The van der Waals surface area contributed by atoms with E-state index in [0.717, 1.165) is 35.4 Å². The Morgan fingerprint density at radius 1 is 1.06 bits per heavy atom. The summed E-state index contributed by atoms with van der Waals surface area (Å²) in [4.78, 5) is 21.6. The van der Waals surface area contributed by atoms with Gasteiger partial charge < -0.3 is 19.3 Å². The quantitative estimate of drug-likeness (QED) is 0.558. The van der Waals surface area contributed by atoms with E-state index < -0.39 is 5.60 Å². The fourth-order valence-corrected chi connectivity index (χ4v) is 4.53. The van der Waals surface area contributed by atoms with Gasteiger partial charge in [0.1, 0.15) is 11.4 Å². The number of carbonyl (C=O) groups is 1. The molecule has 3 heterocycles. The molecule has 2 aromatic heterocycles. The fraction of sp³-hybridized carbons (Fsp3) is 0.500. The van der Waals surface area contributed by atoms with Gasteiger partial charge in [-0.15, -0.1) is 0 Å². The number of hydrogen-bond donors (Lipinski definition) is 0. The lowest BCUT2D eigenvalue weighted by Crippen LogP contribution is -2.50. The molecule has 2 aliphatic rings. The molecule has 3 aromatic rings. The van der Waals surface area contributed by atoms with Crippen molar-refractivity contribution in [1.29, 1.82) is 0 Å². The van der Waals surface area contributed by atoms with Gasteiger partial charge in [-0.3, -0.25) is 0 Å². The highest BCUT2D eigenvalue weighted by molar-refractivity contribution is 5.92. The first-order valence-electron chi connectivity index (χ1n) is 12.0. The molecule has 0 unspecified atom stereocenters. The van der Waals surface area contributed by atoms with Crippen LogP contribution in [0, 0.1) is 0 Å². The molecule has 8 heteroatoms. The highest BCUT2D eigenvalue weighted by atomic mass is 16.6. The van der Waals surface area contributed by atoms with Crippen LogP contribution < -0.4 is 9.64 Å². The summed E-state index contributed by atoms with van der Waals surface area (Å²) in [5.41, 5.74) is 4.10. The summed E-state index contributed by atoms with van der Waals surface area (Å²) in [6, 6.07) is 8.05. The van der Waals surface area contributed by atoms with Crippen LogP contribution >= 0.6 is 0 Å². The molecule has 1 aromatic carbocycles. The zero-order chi connectivity index (χ0) is 23.9.